The first-order valence-corrected chi connectivity index (χ1v) is 5.09. The Labute approximate surface area is 96.9 Å². The van der Waals surface area contributed by atoms with Crippen LogP contribution in [0.4, 0.5) is 16.2 Å². The summed E-state index contributed by atoms with van der Waals surface area (Å²) in [7, 11) is 0. The van der Waals surface area contributed by atoms with Crippen LogP contribution in [-0.2, 0) is 13.1 Å². The van der Waals surface area contributed by atoms with E-state index in [1.807, 2.05) is 11.5 Å². The van der Waals surface area contributed by atoms with Crippen molar-refractivity contribution in [3.63, 3.8) is 0 Å². The van der Waals surface area contributed by atoms with Gasteiger partial charge in [-0.1, -0.05) is 0 Å². The molecule has 3 N–H and O–H groups in total. The third-order valence-corrected chi connectivity index (χ3v) is 2.21. The van der Waals surface area contributed by atoms with Gasteiger partial charge in [-0.3, -0.25) is 0 Å². The van der Waals surface area contributed by atoms with Crippen LogP contribution in [0.25, 0.3) is 0 Å². The molecule has 0 bridgehead atoms. The van der Waals surface area contributed by atoms with Crippen molar-refractivity contribution in [2.75, 3.05) is 11.1 Å². The second-order valence-corrected chi connectivity index (χ2v) is 3.31. The molecule has 0 aliphatic rings. The maximum atomic E-state index is 13.3. The first-order chi connectivity index (χ1) is 8.20. The van der Waals surface area contributed by atoms with Crippen molar-refractivity contribution in [3.05, 3.63) is 24.2 Å². The standard InChI is InChI=1S/C9H12FN7/c1-2-17-5-14-16-7(17)4-12-8-6(10)3-13-9(11)15-8/h3,5H,2,4H2,1H3,(H3,11,12,13,15). The van der Waals surface area contributed by atoms with Crippen LogP contribution in [0.1, 0.15) is 12.7 Å². The van der Waals surface area contributed by atoms with E-state index in [9.17, 15) is 4.39 Å². The van der Waals surface area contributed by atoms with Crippen molar-refractivity contribution >= 4 is 11.8 Å². The van der Waals surface area contributed by atoms with Crippen LogP contribution in [0, 0.1) is 5.82 Å². The van der Waals surface area contributed by atoms with Crippen LogP contribution in [-0.4, -0.2) is 24.7 Å². The maximum absolute atomic E-state index is 13.3. The zero-order valence-corrected chi connectivity index (χ0v) is 9.26. The van der Waals surface area contributed by atoms with Gasteiger partial charge in [0.05, 0.1) is 12.7 Å². The number of hydrogen-bond acceptors (Lipinski definition) is 6. The summed E-state index contributed by atoms with van der Waals surface area (Å²) >= 11 is 0. The Balaban J connectivity index is 2.09. The monoisotopic (exact) mass is 237 g/mol. The van der Waals surface area contributed by atoms with Crippen molar-refractivity contribution in [3.8, 4) is 0 Å². The van der Waals surface area contributed by atoms with Crippen molar-refractivity contribution < 1.29 is 4.39 Å². The molecular formula is C9H12FN7. The molecule has 0 aromatic carbocycles. The topological polar surface area (TPSA) is 94.5 Å². The lowest BCUT2D eigenvalue weighted by Gasteiger charge is -2.07. The number of hydrogen-bond donors (Lipinski definition) is 2. The molecule has 90 valence electrons. The summed E-state index contributed by atoms with van der Waals surface area (Å²) in [5.41, 5.74) is 5.37. The number of rotatable bonds is 4. The number of halogens is 1. The normalized spacial score (nSPS) is 10.5. The van der Waals surface area contributed by atoms with E-state index in [-0.39, 0.29) is 11.8 Å². The predicted molar refractivity (Wildman–Crippen MR) is 59.4 cm³/mol. The van der Waals surface area contributed by atoms with E-state index < -0.39 is 5.82 Å². The molecule has 17 heavy (non-hydrogen) atoms. The average Bonchev–Trinajstić information content (AvgIpc) is 2.77. The molecule has 0 fully saturated rings. The molecular weight excluding hydrogens is 225 g/mol. The van der Waals surface area contributed by atoms with E-state index in [0.717, 1.165) is 12.7 Å². The van der Waals surface area contributed by atoms with Gasteiger partial charge in [-0.2, -0.15) is 4.98 Å². The minimum atomic E-state index is -0.554. The molecule has 2 aromatic rings. The Morgan fingerprint density at radius 3 is 3.12 bits per heavy atom. The lowest BCUT2D eigenvalue weighted by Crippen LogP contribution is -2.10. The highest BCUT2D eigenvalue weighted by Crippen LogP contribution is 2.11. The largest absolute Gasteiger partial charge is 0.368 e. The molecule has 0 aliphatic carbocycles. The van der Waals surface area contributed by atoms with E-state index in [1.165, 1.54) is 0 Å². The Kier molecular flexibility index (Phi) is 3.12. The van der Waals surface area contributed by atoms with E-state index in [2.05, 4.69) is 25.5 Å². The summed E-state index contributed by atoms with van der Waals surface area (Å²) < 4.78 is 15.1. The Morgan fingerprint density at radius 1 is 1.53 bits per heavy atom. The Bertz CT molecular complexity index is 510. The molecule has 0 amide bonds. The number of anilines is 2. The third-order valence-electron chi connectivity index (χ3n) is 2.21. The first-order valence-electron chi connectivity index (χ1n) is 5.09. The van der Waals surface area contributed by atoms with Crippen molar-refractivity contribution in [2.24, 2.45) is 0 Å². The minimum absolute atomic E-state index is 0.0193. The van der Waals surface area contributed by atoms with Gasteiger partial charge >= 0.3 is 0 Å². The van der Waals surface area contributed by atoms with Crippen molar-refractivity contribution in [2.45, 2.75) is 20.0 Å². The molecule has 0 radical (unpaired) electrons. The van der Waals surface area contributed by atoms with Crippen LogP contribution >= 0.6 is 0 Å². The van der Waals surface area contributed by atoms with E-state index in [4.69, 9.17) is 5.73 Å². The lowest BCUT2D eigenvalue weighted by atomic mass is 10.5. The predicted octanol–water partition coefficient (Wildman–Crippen LogP) is 0.421. The molecule has 0 spiro atoms. The summed E-state index contributed by atoms with van der Waals surface area (Å²) in [4.78, 5) is 7.29. The molecule has 0 saturated carbocycles. The van der Waals surface area contributed by atoms with Crippen LogP contribution < -0.4 is 11.1 Å². The SMILES string of the molecule is CCn1cnnc1CNc1nc(N)ncc1F. The Hall–Kier alpha value is -2.25. The summed E-state index contributed by atoms with van der Waals surface area (Å²) in [6, 6.07) is 0. The van der Waals surface area contributed by atoms with Crippen LogP contribution in [0.2, 0.25) is 0 Å². The quantitative estimate of drug-likeness (QED) is 0.800. The second kappa shape index (κ2) is 4.73. The molecule has 0 atom stereocenters. The summed E-state index contributed by atoms with van der Waals surface area (Å²) in [5, 5.41) is 10.5. The van der Waals surface area contributed by atoms with Gasteiger partial charge in [0.15, 0.2) is 17.5 Å². The van der Waals surface area contributed by atoms with E-state index in [0.29, 0.717) is 12.4 Å². The van der Waals surface area contributed by atoms with Gasteiger partial charge in [-0.05, 0) is 6.92 Å². The highest BCUT2D eigenvalue weighted by Gasteiger charge is 2.07. The number of nitrogen functional groups attached to an aromatic ring is 1. The fraction of sp³-hybridized carbons (Fsp3) is 0.333. The average molecular weight is 237 g/mol. The second-order valence-electron chi connectivity index (χ2n) is 3.31. The first kappa shape index (κ1) is 11.2. The molecule has 7 nitrogen and oxygen atoms in total. The van der Waals surface area contributed by atoms with Gasteiger partial charge in [0.1, 0.15) is 6.33 Å². The number of nitrogens with two attached hydrogens (primary N) is 1. The van der Waals surface area contributed by atoms with Crippen molar-refractivity contribution in [1.29, 1.82) is 0 Å². The molecule has 2 heterocycles. The number of aromatic nitrogens is 5. The van der Waals surface area contributed by atoms with Crippen LogP contribution in [0.15, 0.2) is 12.5 Å². The van der Waals surface area contributed by atoms with Gasteiger partial charge in [0, 0.05) is 6.54 Å². The lowest BCUT2D eigenvalue weighted by molar-refractivity contribution is 0.616. The summed E-state index contributed by atoms with van der Waals surface area (Å²) in [6.45, 7) is 3.04. The highest BCUT2D eigenvalue weighted by atomic mass is 19.1. The fourth-order valence-corrected chi connectivity index (χ4v) is 1.35. The van der Waals surface area contributed by atoms with Gasteiger partial charge in [0.25, 0.3) is 0 Å². The molecule has 2 aromatic heterocycles. The number of aryl methyl sites for hydroxylation is 1. The van der Waals surface area contributed by atoms with Gasteiger partial charge in [-0.25, -0.2) is 9.37 Å². The van der Waals surface area contributed by atoms with Crippen LogP contribution in [0.5, 0.6) is 0 Å². The number of nitrogens with zero attached hydrogens (tertiary/aromatic N) is 5. The number of nitrogens with one attached hydrogen (secondary N) is 1. The highest BCUT2D eigenvalue weighted by molar-refractivity contribution is 5.39. The molecule has 8 heteroatoms. The van der Waals surface area contributed by atoms with Crippen molar-refractivity contribution in [1.82, 2.24) is 24.7 Å². The zero-order chi connectivity index (χ0) is 12.3. The minimum Gasteiger partial charge on any atom is -0.368 e. The zero-order valence-electron chi connectivity index (χ0n) is 9.26. The van der Waals surface area contributed by atoms with Crippen LogP contribution in [0.3, 0.4) is 0 Å². The maximum Gasteiger partial charge on any atom is 0.222 e. The third kappa shape index (κ3) is 2.47. The smallest absolute Gasteiger partial charge is 0.222 e. The molecule has 0 aliphatic heterocycles. The fourth-order valence-electron chi connectivity index (χ4n) is 1.35. The summed E-state index contributed by atoms with van der Waals surface area (Å²) in [5.74, 6) is 0.222. The molecule has 2 rings (SSSR count). The molecule has 0 saturated heterocycles. The van der Waals surface area contributed by atoms with E-state index in [1.54, 1.807) is 6.33 Å². The van der Waals surface area contributed by atoms with Gasteiger partial charge in [0.2, 0.25) is 5.95 Å². The Morgan fingerprint density at radius 2 is 2.35 bits per heavy atom. The van der Waals surface area contributed by atoms with E-state index >= 15 is 0 Å². The van der Waals surface area contributed by atoms with Gasteiger partial charge < -0.3 is 15.6 Å². The van der Waals surface area contributed by atoms with Gasteiger partial charge in [-0.15, -0.1) is 10.2 Å². The molecule has 0 unspecified atom stereocenters. The summed E-state index contributed by atoms with van der Waals surface area (Å²) in [6.07, 6.45) is 2.64.